The lowest BCUT2D eigenvalue weighted by Crippen LogP contribution is -2.23. The highest BCUT2D eigenvalue weighted by atomic mass is 16.5. The average molecular weight is 233 g/mol. The molecule has 0 aliphatic rings. The maximum absolute atomic E-state index is 11.4. The van der Waals surface area contributed by atoms with Crippen LogP contribution in [0.2, 0.25) is 0 Å². The molecule has 1 aromatic carbocycles. The van der Waals surface area contributed by atoms with Crippen LogP contribution in [0.5, 0.6) is 0 Å². The fourth-order valence-electron chi connectivity index (χ4n) is 1.33. The summed E-state index contributed by atoms with van der Waals surface area (Å²) in [6.45, 7) is 4.03. The van der Waals surface area contributed by atoms with Crippen LogP contribution in [0.1, 0.15) is 18.9 Å². The van der Waals surface area contributed by atoms with Crippen molar-refractivity contribution < 1.29 is 9.53 Å². The van der Waals surface area contributed by atoms with E-state index in [1.165, 1.54) is 0 Å². The molecule has 0 spiro atoms. The highest BCUT2D eigenvalue weighted by Crippen LogP contribution is 2.00. The summed E-state index contributed by atoms with van der Waals surface area (Å²) in [7, 11) is 0. The van der Waals surface area contributed by atoms with Gasteiger partial charge < -0.3 is 10.1 Å². The van der Waals surface area contributed by atoms with Crippen LogP contribution in [0.3, 0.4) is 0 Å². The van der Waals surface area contributed by atoms with Gasteiger partial charge in [0.15, 0.2) is 0 Å². The van der Waals surface area contributed by atoms with Crippen molar-refractivity contribution in [2.45, 2.75) is 13.3 Å². The van der Waals surface area contributed by atoms with Gasteiger partial charge in [0.2, 0.25) is 5.91 Å². The fourth-order valence-corrected chi connectivity index (χ4v) is 1.33. The Bertz CT molecular complexity index is 346. The Balaban J connectivity index is 2.19. The van der Waals surface area contributed by atoms with E-state index in [4.69, 9.17) is 4.74 Å². The molecule has 0 fully saturated rings. The Hall–Kier alpha value is -1.61. The molecular weight excluding hydrogens is 214 g/mol. The molecule has 92 valence electrons. The van der Waals surface area contributed by atoms with Crippen molar-refractivity contribution in [2.75, 3.05) is 19.8 Å². The van der Waals surface area contributed by atoms with E-state index in [-0.39, 0.29) is 5.91 Å². The summed E-state index contributed by atoms with van der Waals surface area (Å²) in [5, 5.41) is 2.81. The Labute approximate surface area is 102 Å². The van der Waals surface area contributed by atoms with Crippen LogP contribution in [-0.4, -0.2) is 25.7 Å². The van der Waals surface area contributed by atoms with E-state index in [0.717, 1.165) is 18.6 Å². The lowest BCUT2D eigenvalue weighted by molar-refractivity contribution is -0.116. The van der Waals surface area contributed by atoms with Gasteiger partial charge in [-0.15, -0.1) is 0 Å². The van der Waals surface area contributed by atoms with Crippen LogP contribution in [0.4, 0.5) is 0 Å². The van der Waals surface area contributed by atoms with Crippen LogP contribution in [0, 0.1) is 0 Å². The minimum absolute atomic E-state index is 0.0645. The minimum Gasteiger partial charge on any atom is -0.382 e. The van der Waals surface area contributed by atoms with Gasteiger partial charge in [0.05, 0.1) is 0 Å². The summed E-state index contributed by atoms with van der Waals surface area (Å²) in [6, 6.07) is 9.75. The third-order valence-corrected chi connectivity index (χ3v) is 2.20. The predicted molar refractivity (Wildman–Crippen MR) is 69.6 cm³/mol. The van der Waals surface area contributed by atoms with Crippen molar-refractivity contribution in [3.8, 4) is 0 Å². The normalized spacial score (nSPS) is 10.6. The Morgan fingerprint density at radius 2 is 2.12 bits per heavy atom. The molecule has 0 aliphatic heterocycles. The standard InChI is InChI=1S/C14H19NO2/c1-2-17-12-6-11-15-14(16)10-9-13-7-4-3-5-8-13/h3-5,7-10H,2,6,11-12H2,1H3,(H,15,16). The number of benzene rings is 1. The third-order valence-electron chi connectivity index (χ3n) is 2.20. The molecule has 0 saturated heterocycles. The van der Waals surface area contributed by atoms with Gasteiger partial charge in [0, 0.05) is 25.8 Å². The molecule has 1 aromatic rings. The molecule has 0 aromatic heterocycles. The van der Waals surface area contributed by atoms with Gasteiger partial charge in [-0.05, 0) is 25.0 Å². The number of amides is 1. The molecule has 0 radical (unpaired) electrons. The lowest BCUT2D eigenvalue weighted by Gasteiger charge is -2.02. The molecule has 1 rings (SSSR count). The first-order valence-corrected chi connectivity index (χ1v) is 5.91. The first kappa shape index (κ1) is 13.5. The van der Waals surface area contributed by atoms with E-state index in [2.05, 4.69) is 5.32 Å². The van der Waals surface area contributed by atoms with Crippen LogP contribution in [0.15, 0.2) is 36.4 Å². The number of hydrogen-bond donors (Lipinski definition) is 1. The summed E-state index contributed by atoms with van der Waals surface area (Å²) < 4.78 is 5.18. The van der Waals surface area contributed by atoms with Crippen molar-refractivity contribution in [2.24, 2.45) is 0 Å². The van der Waals surface area contributed by atoms with E-state index in [1.54, 1.807) is 12.2 Å². The van der Waals surface area contributed by atoms with Crippen LogP contribution in [0.25, 0.3) is 6.08 Å². The van der Waals surface area contributed by atoms with Gasteiger partial charge in [-0.1, -0.05) is 30.3 Å². The first-order valence-electron chi connectivity index (χ1n) is 5.91. The molecule has 1 N–H and O–H groups in total. The van der Waals surface area contributed by atoms with Crippen molar-refractivity contribution in [3.05, 3.63) is 42.0 Å². The zero-order valence-electron chi connectivity index (χ0n) is 10.2. The molecule has 0 saturated carbocycles. The van der Waals surface area contributed by atoms with E-state index >= 15 is 0 Å². The summed E-state index contributed by atoms with van der Waals surface area (Å²) in [5.74, 6) is -0.0645. The van der Waals surface area contributed by atoms with Crippen molar-refractivity contribution in [1.82, 2.24) is 5.32 Å². The van der Waals surface area contributed by atoms with Crippen molar-refractivity contribution in [1.29, 1.82) is 0 Å². The second-order valence-electron chi connectivity index (χ2n) is 3.59. The average Bonchev–Trinajstić information content (AvgIpc) is 2.37. The Morgan fingerprint density at radius 1 is 1.35 bits per heavy atom. The number of ether oxygens (including phenoxy) is 1. The summed E-state index contributed by atoms with van der Waals surface area (Å²) in [4.78, 5) is 11.4. The van der Waals surface area contributed by atoms with E-state index in [1.807, 2.05) is 37.3 Å². The van der Waals surface area contributed by atoms with Crippen molar-refractivity contribution >= 4 is 12.0 Å². The zero-order valence-corrected chi connectivity index (χ0v) is 10.2. The van der Waals surface area contributed by atoms with Gasteiger partial charge in [0.25, 0.3) is 0 Å². The van der Waals surface area contributed by atoms with Gasteiger partial charge in [-0.2, -0.15) is 0 Å². The molecule has 0 heterocycles. The molecule has 0 unspecified atom stereocenters. The summed E-state index contributed by atoms with van der Waals surface area (Å²) in [5.41, 5.74) is 1.02. The van der Waals surface area contributed by atoms with Gasteiger partial charge in [-0.3, -0.25) is 4.79 Å². The number of carbonyl (C=O) groups is 1. The highest BCUT2D eigenvalue weighted by Gasteiger charge is 1.94. The SMILES string of the molecule is CCOCCCNC(=O)C=Cc1ccccc1. The maximum atomic E-state index is 11.4. The zero-order chi connectivity index (χ0) is 12.3. The Morgan fingerprint density at radius 3 is 2.82 bits per heavy atom. The predicted octanol–water partition coefficient (Wildman–Crippen LogP) is 2.24. The largest absolute Gasteiger partial charge is 0.382 e. The molecule has 0 aliphatic carbocycles. The van der Waals surface area contributed by atoms with Crippen LogP contribution in [-0.2, 0) is 9.53 Å². The minimum atomic E-state index is -0.0645. The third kappa shape index (κ3) is 6.53. The van der Waals surface area contributed by atoms with E-state index in [9.17, 15) is 4.79 Å². The number of carbonyl (C=O) groups excluding carboxylic acids is 1. The monoisotopic (exact) mass is 233 g/mol. The van der Waals surface area contributed by atoms with Gasteiger partial charge >= 0.3 is 0 Å². The van der Waals surface area contributed by atoms with Crippen molar-refractivity contribution in [3.63, 3.8) is 0 Å². The fraction of sp³-hybridized carbons (Fsp3) is 0.357. The second kappa shape index (κ2) is 8.53. The first-order chi connectivity index (χ1) is 8.33. The highest BCUT2D eigenvalue weighted by molar-refractivity contribution is 5.91. The molecule has 1 amide bonds. The number of hydrogen-bond acceptors (Lipinski definition) is 2. The maximum Gasteiger partial charge on any atom is 0.244 e. The topological polar surface area (TPSA) is 38.3 Å². The summed E-state index contributed by atoms with van der Waals surface area (Å²) >= 11 is 0. The van der Waals surface area contributed by atoms with Gasteiger partial charge in [-0.25, -0.2) is 0 Å². The number of rotatable bonds is 7. The van der Waals surface area contributed by atoms with Gasteiger partial charge in [0.1, 0.15) is 0 Å². The quantitative estimate of drug-likeness (QED) is 0.579. The second-order valence-corrected chi connectivity index (χ2v) is 3.59. The smallest absolute Gasteiger partial charge is 0.244 e. The van der Waals surface area contributed by atoms with E-state index < -0.39 is 0 Å². The number of nitrogens with one attached hydrogen (secondary N) is 1. The molecule has 3 nitrogen and oxygen atoms in total. The van der Waals surface area contributed by atoms with Crippen LogP contribution >= 0.6 is 0 Å². The molecule has 0 atom stereocenters. The Kier molecular flexibility index (Phi) is 6.75. The van der Waals surface area contributed by atoms with E-state index in [0.29, 0.717) is 13.2 Å². The lowest BCUT2D eigenvalue weighted by atomic mass is 10.2. The molecular formula is C14H19NO2. The molecule has 0 bridgehead atoms. The molecule has 3 heteroatoms. The van der Waals surface area contributed by atoms with Crippen LogP contribution < -0.4 is 5.32 Å². The summed E-state index contributed by atoms with van der Waals surface area (Å²) in [6.07, 6.45) is 4.20. The molecule has 17 heavy (non-hydrogen) atoms.